The molecule has 236 valence electrons. The molecule has 1 aliphatic heterocycles. The van der Waals surface area contributed by atoms with Gasteiger partial charge in [-0.25, -0.2) is 9.97 Å². The third-order valence-corrected chi connectivity index (χ3v) is 10.4. The zero-order chi connectivity index (χ0) is 32.5. The van der Waals surface area contributed by atoms with Gasteiger partial charge in [-0.05, 0) is 37.0 Å². The SMILES string of the molecule is N=C(SC(N)c1cccc2c1OC1CCC=CC21)C1=CC(c2cccc(-c3cc(-c4ccccc4)nc(-c4ccccc4)n3)c2)CC=C1. The Morgan fingerprint density at radius 2 is 1.54 bits per heavy atom. The topological polar surface area (TPSA) is 84.9 Å². The molecule has 4 aromatic carbocycles. The lowest BCUT2D eigenvalue weighted by Crippen LogP contribution is -2.19. The largest absolute Gasteiger partial charge is 0.489 e. The van der Waals surface area contributed by atoms with Gasteiger partial charge in [0.15, 0.2) is 5.82 Å². The van der Waals surface area contributed by atoms with Gasteiger partial charge in [-0.1, -0.05) is 139 Å². The van der Waals surface area contributed by atoms with E-state index in [1.54, 1.807) is 0 Å². The van der Waals surface area contributed by atoms with E-state index in [1.165, 1.54) is 22.9 Å². The second-order valence-electron chi connectivity index (χ2n) is 12.5. The normalized spacial score (nSPS) is 19.9. The molecular weight excluding hydrogens is 609 g/mol. The van der Waals surface area contributed by atoms with Gasteiger partial charge in [-0.15, -0.1) is 0 Å². The maximum atomic E-state index is 9.06. The van der Waals surface area contributed by atoms with Gasteiger partial charge in [-0.3, -0.25) is 5.41 Å². The molecule has 4 unspecified atom stereocenters. The van der Waals surface area contributed by atoms with E-state index in [0.29, 0.717) is 16.8 Å². The average Bonchev–Trinajstić information content (AvgIpc) is 3.54. The molecule has 5 aromatic rings. The highest BCUT2D eigenvalue weighted by Gasteiger charge is 2.36. The number of rotatable bonds is 7. The van der Waals surface area contributed by atoms with Gasteiger partial charge in [0.05, 0.1) is 21.8 Å². The van der Waals surface area contributed by atoms with E-state index < -0.39 is 5.37 Å². The second kappa shape index (κ2) is 13.2. The van der Waals surface area contributed by atoms with Gasteiger partial charge in [0.25, 0.3) is 0 Å². The molecule has 3 N–H and O–H groups in total. The molecule has 0 saturated carbocycles. The third-order valence-electron chi connectivity index (χ3n) is 9.39. The third kappa shape index (κ3) is 6.05. The van der Waals surface area contributed by atoms with Crippen molar-refractivity contribution < 1.29 is 4.74 Å². The van der Waals surface area contributed by atoms with Crippen molar-refractivity contribution in [3.8, 4) is 39.7 Å². The van der Waals surface area contributed by atoms with Crippen LogP contribution in [0.15, 0.2) is 145 Å². The zero-order valence-corrected chi connectivity index (χ0v) is 27.3. The van der Waals surface area contributed by atoms with Crippen LogP contribution in [0.4, 0.5) is 0 Å². The first-order valence-electron chi connectivity index (χ1n) is 16.6. The number of allylic oxidation sites excluding steroid dienone is 4. The lowest BCUT2D eigenvalue weighted by Gasteiger charge is -2.21. The van der Waals surface area contributed by atoms with Crippen molar-refractivity contribution in [2.75, 3.05) is 0 Å². The molecule has 3 aliphatic rings. The van der Waals surface area contributed by atoms with Crippen molar-refractivity contribution in [1.82, 2.24) is 9.97 Å². The number of ether oxygens (including phenoxy) is 1. The predicted octanol–water partition coefficient (Wildman–Crippen LogP) is 10.0. The van der Waals surface area contributed by atoms with Crippen molar-refractivity contribution in [2.45, 2.75) is 42.6 Å². The number of para-hydroxylation sites is 1. The lowest BCUT2D eigenvalue weighted by atomic mass is 9.88. The van der Waals surface area contributed by atoms with Gasteiger partial charge in [0.1, 0.15) is 11.9 Å². The number of thioether (sulfide) groups is 1. The number of nitrogens with one attached hydrogen (secondary N) is 1. The summed E-state index contributed by atoms with van der Waals surface area (Å²) in [4.78, 5) is 9.98. The number of nitrogens with zero attached hydrogens (tertiary/aromatic N) is 2. The molecule has 4 atom stereocenters. The number of hydrogen-bond donors (Lipinski definition) is 2. The van der Waals surface area contributed by atoms with Crippen LogP contribution in [0.2, 0.25) is 0 Å². The van der Waals surface area contributed by atoms with Gasteiger partial charge in [0, 0.05) is 45.2 Å². The Hall–Kier alpha value is -5.04. The Bertz CT molecular complexity index is 2010. The highest BCUT2D eigenvalue weighted by Crippen LogP contribution is 2.47. The molecular formula is C42H36N4OS. The molecule has 1 aromatic heterocycles. The summed E-state index contributed by atoms with van der Waals surface area (Å²) >= 11 is 1.38. The smallest absolute Gasteiger partial charge is 0.160 e. The Balaban J connectivity index is 1.05. The Labute approximate surface area is 285 Å². The number of hydrogen-bond acceptors (Lipinski definition) is 6. The van der Waals surface area contributed by atoms with Crippen LogP contribution in [0.3, 0.4) is 0 Å². The minimum Gasteiger partial charge on any atom is -0.489 e. The molecule has 5 nitrogen and oxygen atoms in total. The summed E-state index contributed by atoms with van der Waals surface area (Å²) in [6.07, 6.45) is 14.1. The average molecular weight is 645 g/mol. The number of nitrogens with two attached hydrogens (primary N) is 1. The van der Waals surface area contributed by atoms with Crippen molar-refractivity contribution in [3.63, 3.8) is 0 Å². The second-order valence-corrected chi connectivity index (χ2v) is 13.7. The highest BCUT2D eigenvalue weighted by molar-refractivity contribution is 8.14. The fraction of sp³-hybridized carbons (Fsp3) is 0.167. The summed E-state index contributed by atoms with van der Waals surface area (Å²) in [7, 11) is 0. The van der Waals surface area contributed by atoms with E-state index in [2.05, 4.69) is 85.0 Å². The summed E-state index contributed by atoms with van der Waals surface area (Å²) in [6.45, 7) is 0. The Morgan fingerprint density at radius 1 is 0.812 bits per heavy atom. The predicted molar refractivity (Wildman–Crippen MR) is 197 cm³/mol. The van der Waals surface area contributed by atoms with Crippen molar-refractivity contribution in [3.05, 3.63) is 162 Å². The summed E-state index contributed by atoms with van der Waals surface area (Å²) in [6, 6.07) is 37.3. The van der Waals surface area contributed by atoms with Crippen LogP contribution in [-0.4, -0.2) is 21.1 Å². The minimum atomic E-state index is -0.398. The van der Waals surface area contributed by atoms with Crippen molar-refractivity contribution in [2.24, 2.45) is 5.73 Å². The van der Waals surface area contributed by atoms with Crippen molar-refractivity contribution in [1.29, 1.82) is 5.41 Å². The van der Waals surface area contributed by atoms with E-state index in [9.17, 15) is 0 Å². The molecule has 6 heteroatoms. The van der Waals surface area contributed by atoms with E-state index in [0.717, 1.165) is 64.2 Å². The quantitative estimate of drug-likeness (QED) is 0.0797. The standard InChI is InChI=1S/C42H36N4OS/c43-40(48-41(44)35-22-11-21-34-33-20-7-8-23-38(33)47-39(34)35)32-19-10-17-30(25-32)29-16-9-18-31(24-29)37-26-36(27-12-3-1-4-13-27)45-42(46-37)28-14-5-2-6-15-28/h1-7,9-16,18-22,24-26,30,33,38,41,43H,8,17,23,44H2. The summed E-state index contributed by atoms with van der Waals surface area (Å²) in [5, 5.41) is 9.12. The van der Waals surface area contributed by atoms with E-state index in [4.69, 9.17) is 25.8 Å². The number of aromatic nitrogens is 2. The first kappa shape index (κ1) is 30.3. The number of benzene rings is 4. The molecule has 0 amide bonds. The van der Waals surface area contributed by atoms with Crippen LogP contribution in [0.1, 0.15) is 53.2 Å². The fourth-order valence-corrected chi connectivity index (χ4v) is 7.75. The molecule has 8 rings (SSSR count). The summed E-state index contributed by atoms with van der Waals surface area (Å²) in [5.74, 6) is 2.03. The van der Waals surface area contributed by atoms with Crippen LogP contribution in [0, 0.1) is 5.41 Å². The molecule has 0 spiro atoms. The van der Waals surface area contributed by atoms with Crippen LogP contribution >= 0.6 is 11.8 Å². The first-order chi connectivity index (χ1) is 23.6. The highest BCUT2D eigenvalue weighted by atomic mass is 32.2. The van der Waals surface area contributed by atoms with Crippen molar-refractivity contribution >= 4 is 16.8 Å². The van der Waals surface area contributed by atoms with E-state index in [1.807, 2.05) is 54.6 Å². The fourth-order valence-electron chi connectivity index (χ4n) is 6.91. The molecule has 0 radical (unpaired) electrons. The lowest BCUT2D eigenvalue weighted by molar-refractivity contribution is 0.203. The van der Waals surface area contributed by atoms with Crippen LogP contribution < -0.4 is 10.5 Å². The Kier molecular flexibility index (Phi) is 8.35. The van der Waals surface area contributed by atoms with Gasteiger partial charge >= 0.3 is 0 Å². The minimum absolute atomic E-state index is 0.130. The van der Waals surface area contributed by atoms with E-state index in [-0.39, 0.29) is 12.0 Å². The first-order valence-corrected chi connectivity index (χ1v) is 17.4. The molecule has 2 aliphatic carbocycles. The molecule has 0 saturated heterocycles. The molecule has 0 bridgehead atoms. The Morgan fingerprint density at radius 3 is 2.35 bits per heavy atom. The van der Waals surface area contributed by atoms with Gasteiger partial charge in [-0.2, -0.15) is 0 Å². The van der Waals surface area contributed by atoms with Crippen LogP contribution in [0.5, 0.6) is 5.75 Å². The number of fused-ring (bicyclic) bond motifs is 3. The molecule has 48 heavy (non-hydrogen) atoms. The van der Waals surface area contributed by atoms with Gasteiger partial charge in [0.2, 0.25) is 0 Å². The maximum absolute atomic E-state index is 9.06. The van der Waals surface area contributed by atoms with Crippen LogP contribution in [-0.2, 0) is 0 Å². The zero-order valence-electron chi connectivity index (χ0n) is 26.5. The van der Waals surface area contributed by atoms with E-state index >= 15 is 0 Å². The molecule has 0 fully saturated rings. The summed E-state index contributed by atoms with van der Waals surface area (Å²) < 4.78 is 6.42. The maximum Gasteiger partial charge on any atom is 0.160 e. The monoisotopic (exact) mass is 644 g/mol. The summed E-state index contributed by atoms with van der Waals surface area (Å²) in [5.41, 5.74) is 15.8. The van der Waals surface area contributed by atoms with Gasteiger partial charge < -0.3 is 10.5 Å². The molecule has 2 heterocycles. The van der Waals surface area contributed by atoms with Crippen LogP contribution in [0.25, 0.3) is 33.9 Å².